The Morgan fingerprint density at radius 1 is 1.15 bits per heavy atom. The average Bonchev–Trinajstić information content (AvgIpc) is 3.52. The fourth-order valence-corrected chi connectivity index (χ4v) is 6.82. The molecule has 6 rings (SSSR count). The molecule has 5 heterocycles. The molecule has 206 valence electrons. The minimum atomic E-state index is -0.652. The molecule has 3 aromatic heterocycles. The summed E-state index contributed by atoms with van der Waals surface area (Å²) in [6.07, 6.45) is 1.81. The summed E-state index contributed by atoms with van der Waals surface area (Å²) in [6, 6.07) is 4.96. The highest BCUT2D eigenvalue weighted by atomic mass is 32.1. The standard InChI is InChI=1S/C28H34FN7O2S/c1-17-22(16-34-6-8-36(9-7-34)28(2,3)27(30)37)39-24-23(17)32-25(33-26(24)35-10-12-38-13-11-35)20-14-18(29)15-21-19(20)4-5-31-21/h4-5,14-15,31H,6-13,16H2,1-3H3,(H2,30,37). The number of fused-ring (bicyclic) bond motifs is 2. The topological polar surface area (TPSA) is 104 Å². The molecule has 4 aromatic rings. The first-order chi connectivity index (χ1) is 18.7. The molecule has 2 saturated heterocycles. The molecule has 9 nitrogen and oxygen atoms in total. The predicted octanol–water partition coefficient (Wildman–Crippen LogP) is 3.51. The van der Waals surface area contributed by atoms with Gasteiger partial charge in [-0.25, -0.2) is 14.4 Å². The molecule has 2 aliphatic rings. The van der Waals surface area contributed by atoms with Crippen LogP contribution in [0, 0.1) is 12.7 Å². The Morgan fingerprint density at radius 3 is 2.62 bits per heavy atom. The van der Waals surface area contributed by atoms with Gasteiger partial charge in [-0.05, 0) is 44.5 Å². The van der Waals surface area contributed by atoms with Gasteiger partial charge < -0.3 is 20.4 Å². The van der Waals surface area contributed by atoms with Crippen LogP contribution in [0.25, 0.3) is 32.5 Å². The summed E-state index contributed by atoms with van der Waals surface area (Å²) >= 11 is 1.74. The molecule has 1 amide bonds. The highest BCUT2D eigenvalue weighted by Crippen LogP contribution is 2.39. The minimum absolute atomic E-state index is 0.295. The van der Waals surface area contributed by atoms with Crippen molar-refractivity contribution < 1.29 is 13.9 Å². The molecule has 0 atom stereocenters. The number of morpholine rings is 1. The highest BCUT2D eigenvalue weighted by molar-refractivity contribution is 7.19. The highest BCUT2D eigenvalue weighted by Gasteiger charge is 2.35. The number of aromatic nitrogens is 3. The second-order valence-corrected chi connectivity index (χ2v) is 12.0. The van der Waals surface area contributed by atoms with Crippen molar-refractivity contribution in [2.75, 3.05) is 57.4 Å². The van der Waals surface area contributed by atoms with Crippen molar-refractivity contribution in [1.82, 2.24) is 24.8 Å². The molecule has 0 bridgehead atoms. The largest absolute Gasteiger partial charge is 0.378 e. The number of nitrogens with zero attached hydrogens (tertiary/aromatic N) is 5. The molecular weight excluding hydrogens is 517 g/mol. The summed E-state index contributed by atoms with van der Waals surface area (Å²) in [5.74, 6) is 0.802. The lowest BCUT2D eigenvalue weighted by Gasteiger charge is -2.42. The van der Waals surface area contributed by atoms with Gasteiger partial charge in [0.25, 0.3) is 0 Å². The third-order valence-electron chi connectivity index (χ3n) is 8.16. The Morgan fingerprint density at radius 2 is 1.90 bits per heavy atom. The number of hydrogen-bond acceptors (Lipinski definition) is 8. The summed E-state index contributed by atoms with van der Waals surface area (Å²) in [5.41, 5.74) is 8.45. The van der Waals surface area contributed by atoms with Crippen LogP contribution in [-0.4, -0.2) is 88.7 Å². The van der Waals surface area contributed by atoms with Gasteiger partial charge in [0.1, 0.15) is 5.82 Å². The number of rotatable bonds is 6. The maximum atomic E-state index is 14.6. The smallest absolute Gasteiger partial charge is 0.237 e. The number of nitrogens with two attached hydrogens (primary N) is 1. The van der Waals surface area contributed by atoms with Crippen LogP contribution >= 0.6 is 11.3 Å². The number of thiophene rings is 1. The number of carbonyl (C=O) groups is 1. The molecule has 39 heavy (non-hydrogen) atoms. The lowest BCUT2D eigenvalue weighted by Crippen LogP contribution is -2.59. The SMILES string of the molecule is Cc1c(CN2CCN(C(C)(C)C(N)=O)CC2)sc2c(N3CCOCC3)nc(-c3cc(F)cc4[nH]ccc34)nc12. The number of amides is 1. The second kappa shape index (κ2) is 10.1. The molecule has 0 saturated carbocycles. The first-order valence-electron chi connectivity index (χ1n) is 13.4. The van der Waals surface area contributed by atoms with Crippen molar-refractivity contribution in [3.05, 3.63) is 40.7 Å². The number of benzene rings is 1. The van der Waals surface area contributed by atoms with E-state index in [0.717, 1.165) is 78.3 Å². The number of nitrogens with one attached hydrogen (secondary N) is 1. The Hall–Kier alpha value is -3.12. The number of anilines is 1. The van der Waals surface area contributed by atoms with E-state index in [2.05, 4.69) is 26.6 Å². The van der Waals surface area contributed by atoms with Crippen LogP contribution in [-0.2, 0) is 16.1 Å². The summed E-state index contributed by atoms with van der Waals surface area (Å²) in [7, 11) is 0. The van der Waals surface area contributed by atoms with Crippen molar-refractivity contribution in [3.8, 4) is 11.4 Å². The predicted molar refractivity (Wildman–Crippen MR) is 153 cm³/mol. The van der Waals surface area contributed by atoms with Crippen LogP contribution < -0.4 is 10.6 Å². The lowest BCUT2D eigenvalue weighted by molar-refractivity contribution is -0.129. The molecule has 1 aromatic carbocycles. The van der Waals surface area contributed by atoms with Crippen LogP contribution in [0.4, 0.5) is 10.2 Å². The Kier molecular flexibility index (Phi) is 6.78. The van der Waals surface area contributed by atoms with E-state index < -0.39 is 5.54 Å². The molecule has 0 unspecified atom stereocenters. The Balaban J connectivity index is 1.37. The maximum absolute atomic E-state index is 14.6. The minimum Gasteiger partial charge on any atom is -0.378 e. The number of ether oxygens (including phenoxy) is 1. The van der Waals surface area contributed by atoms with E-state index in [1.807, 2.05) is 26.1 Å². The average molecular weight is 552 g/mol. The molecular formula is C28H34FN7O2S. The monoisotopic (exact) mass is 551 g/mol. The zero-order chi connectivity index (χ0) is 27.3. The number of aryl methyl sites for hydroxylation is 1. The maximum Gasteiger partial charge on any atom is 0.237 e. The van der Waals surface area contributed by atoms with Gasteiger partial charge in [0, 0.05) is 73.4 Å². The van der Waals surface area contributed by atoms with E-state index in [1.165, 1.54) is 17.0 Å². The quantitative estimate of drug-likeness (QED) is 0.378. The molecule has 0 aliphatic carbocycles. The first kappa shape index (κ1) is 26.1. The van der Waals surface area contributed by atoms with Gasteiger partial charge in [0.2, 0.25) is 5.91 Å². The molecule has 0 spiro atoms. The second-order valence-electron chi connectivity index (χ2n) is 10.9. The van der Waals surface area contributed by atoms with E-state index in [0.29, 0.717) is 24.6 Å². The zero-order valence-corrected chi connectivity index (χ0v) is 23.4. The molecule has 0 radical (unpaired) electrons. The number of hydrogen-bond donors (Lipinski definition) is 2. The van der Waals surface area contributed by atoms with Crippen LogP contribution in [0.5, 0.6) is 0 Å². The van der Waals surface area contributed by atoms with Crippen LogP contribution in [0.3, 0.4) is 0 Å². The van der Waals surface area contributed by atoms with E-state index in [1.54, 1.807) is 11.3 Å². The molecule has 2 fully saturated rings. The van der Waals surface area contributed by atoms with Crippen LogP contribution in [0.2, 0.25) is 0 Å². The first-order valence-corrected chi connectivity index (χ1v) is 14.2. The van der Waals surface area contributed by atoms with Gasteiger partial charge in [0.05, 0.1) is 29.0 Å². The Labute approximate surface area is 230 Å². The number of primary amides is 1. The van der Waals surface area contributed by atoms with Crippen LogP contribution in [0.15, 0.2) is 24.4 Å². The number of halogens is 1. The van der Waals surface area contributed by atoms with Crippen LogP contribution in [0.1, 0.15) is 24.3 Å². The molecule has 3 N–H and O–H groups in total. The van der Waals surface area contributed by atoms with E-state index in [4.69, 9.17) is 20.4 Å². The third-order valence-corrected chi connectivity index (χ3v) is 9.43. The lowest BCUT2D eigenvalue weighted by atomic mass is 10.0. The van der Waals surface area contributed by atoms with Gasteiger partial charge in [-0.15, -0.1) is 11.3 Å². The Bertz CT molecular complexity index is 1530. The number of carbonyl (C=O) groups excluding carboxylic acids is 1. The molecule has 11 heteroatoms. The van der Waals surface area contributed by atoms with Crippen molar-refractivity contribution in [3.63, 3.8) is 0 Å². The normalized spacial score (nSPS) is 17.9. The van der Waals surface area contributed by atoms with E-state index in [9.17, 15) is 9.18 Å². The van der Waals surface area contributed by atoms with Crippen molar-refractivity contribution in [1.29, 1.82) is 0 Å². The van der Waals surface area contributed by atoms with Gasteiger partial charge in [-0.2, -0.15) is 0 Å². The fraction of sp³-hybridized carbons (Fsp3) is 0.464. The van der Waals surface area contributed by atoms with Gasteiger partial charge in [-0.1, -0.05) is 0 Å². The fourth-order valence-electron chi connectivity index (χ4n) is 5.52. The van der Waals surface area contributed by atoms with Gasteiger partial charge in [-0.3, -0.25) is 14.6 Å². The van der Waals surface area contributed by atoms with E-state index in [-0.39, 0.29) is 11.7 Å². The summed E-state index contributed by atoms with van der Waals surface area (Å²) in [4.78, 5) is 33.2. The summed E-state index contributed by atoms with van der Waals surface area (Å²) in [6.45, 7) is 12.8. The van der Waals surface area contributed by atoms with Crippen molar-refractivity contribution in [2.45, 2.75) is 32.9 Å². The van der Waals surface area contributed by atoms with Crippen molar-refractivity contribution >= 4 is 44.2 Å². The number of piperazine rings is 1. The zero-order valence-electron chi connectivity index (χ0n) is 22.6. The van der Waals surface area contributed by atoms with Crippen molar-refractivity contribution in [2.24, 2.45) is 5.73 Å². The molecule has 2 aliphatic heterocycles. The third kappa shape index (κ3) is 4.77. The van der Waals surface area contributed by atoms with E-state index >= 15 is 0 Å². The summed E-state index contributed by atoms with van der Waals surface area (Å²) in [5, 5.41) is 0.897. The number of aromatic amines is 1. The van der Waals surface area contributed by atoms with Gasteiger partial charge in [0.15, 0.2) is 11.6 Å². The van der Waals surface area contributed by atoms with Gasteiger partial charge >= 0.3 is 0 Å². The number of H-pyrrole nitrogens is 1. The summed E-state index contributed by atoms with van der Waals surface area (Å²) < 4.78 is 21.3.